The van der Waals surface area contributed by atoms with Gasteiger partial charge in [0.25, 0.3) is 0 Å². The summed E-state index contributed by atoms with van der Waals surface area (Å²) in [5, 5.41) is 15.1. The molecule has 0 radical (unpaired) electrons. The van der Waals surface area contributed by atoms with Gasteiger partial charge in [0, 0.05) is 15.6 Å². The van der Waals surface area contributed by atoms with Crippen molar-refractivity contribution in [1.29, 1.82) is 0 Å². The van der Waals surface area contributed by atoms with E-state index in [2.05, 4.69) is 10.5 Å². The Morgan fingerprint density at radius 2 is 2.00 bits per heavy atom. The molecule has 0 bridgehead atoms. The Balaban J connectivity index is 2.06. The van der Waals surface area contributed by atoms with Crippen molar-refractivity contribution in [3.8, 4) is 11.5 Å². The van der Waals surface area contributed by atoms with Gasteiger partial charge in [-0.25, -0.2) is 0 Å². The van der Waals surface area contributed by atoms with Crippen LogP contribution in [0.4, 0.5) is 0 Å². The summed E-state index contributed by atoms with van der Waals surface area (Å²) >= 11 is 14.2. The SMILES string of the molecule is COc1cc(/C=N/NCc2c(Cl)cccc2Cl)cc(I)c1O. The summed E-state index contributed by atoms with van der Waals surface area (Å²) in [7, 11) is 1.50. The number of hydrogen-bond acceptors (Lipinski definition) is 4. The highest BCUT2D eigenvalue weighted by Gasteiger charge is 2.07. The molecule has 7 heteroatoms. The molecule has 0 aliphatic rings. The number of hydrazone groups is 1. The Bertz CT molecular complexity index is 688. The summed E-state index contributed by atoms with van der Waals surface area (Å²) in [5.74, 6) is 0.526. The standard InChI is InChI=1S/C15H13Cl2IN2O2/c1-22-14-6-9(5-13(18)15(14)21)7-19-20-8-10-11(16)3-2-4-12(10)17/h2-7,20-21H,8H2,1H3/b19-7+. The molecule has 0 saturated heterocycles. The maximum absolute atomic E-state index is 9.78. The van der Waals surface area contributed by atoms with Gasteiger partial charge in [-0.2, -0.15) is 5.10 Å². The Morgan fingerprint density at radius 1 is 1.32 bits per heavy atom. The first-order chi connectivity index (χ1) is 10.5. The zero-order valence-electron chi connectivity index (χ0n) is 11.6. The first-order valence-electron chi connectivity index (χ1n) is 6.28. The Morgan fingerprint density at radius 3 is 2.64 bits per heavy atom. The van der Waals surface area contributed by atoms with E-state index in [1.165, 1.54) is 7.11 Å². The minimum absolute atomic E-state index is 0.121. The number of phenols is 1. The molecular weight excluding hydrogens is 438 g/mol. The smallest absolute Gasteiger partial charge is 0.171 e. The fraction of sp³-hybridized carbons (Fsp3) is 0.133. The first-order valence-corrected chi connectivity index (χ1v) is 8.11. The summed E-state index contributed by atoms with van der Waals surface area (Å²) in [6.45, 7) is 0.418. The Kier molecular flexibility index (Phi) is 6.16. The van der Waals surface area contributed by atoms with E-state index in [4.69, 9.17) is 27.9 Å². The van der Waals surface area contributed by atoms with Gasteiger partial charge in [0.15, 0.2) is 11.5 Å². The van der Waals surface area contributed by atoms with Crippen LogP contribution in [-0.2, 0) is 6.54 Å². The largest absolute Gasteiger partial charge is 0.504 e. The molecule has 0 aromatic heterocycles. The van der Waals surface area contributed by atoms with Gasteiger partial charge in [0.2, 0.25) is 0 Å². The van der Waals surface area contributed by atoms with Crippen LogP contribution in [0.5, 0.6) is 11.5 Å². The number of halogens is 3. The van der Waals surface area contributed by atoms with Gasteiger partial charge in [-0.3, -0.25) is 0 Å². The summed E-state index contributed by atoms with van der Waals surface area (Å²) in [4.78, 5) is 0. The van der Waals surface area contributed by atoms with Crippen LogP contribution in [0.1, 0.15) is 11.1 Å². The monoisotopic (exact) mass is 450 g/mol. The predicted molar refractivity (Wildman–Crippen MR) is 98.3 cm³/mol. The number of nitrogens with one attached hydrogen (secondary N) is 1. The molecule has 2 aromatic rings. The van der Waals surface area contributed by atoms with Gasteiger partial charge in [-0.05, 0) is 52.4 Å². The molecule has 0 atom stereocenters. The second-order valence-electron chi connectivity index (χ2n) is 4.35. The Labute approximate surface area is 152 Å². The molecule has 0 fully saturated rings. The second kappa shape index (κ2) is 7.89. The van der Waals surface area contributed by atoms with E-state index in [0.717, 1.165) is 11.1 Å². The number of benzene rings is 2. The van der Waals surface area contributed by atoms with E-state index in [1.54, 1.807) is 36.5 Å². The van der Waals surface area contributed by atoms with Gasteiger partial charge in [0.1, 0.15) is 0 Å². The molecular formula is C15H13Cl2IN2O2. The van der Waals surface area contributed by atoms with Crippen molar-refractivity contribution >= 4 is 52.0 Å². The molecule has 0 saturated carbocycles. The molecule has 22 heavy (non-hydrogen) atoms. The predicted octanol–water partition coefficient (Wildman–Crippen LogP) is 4.44. The fourth-order valence-corrected chi connectivity index (χ4v) is 2.93. The number of methoxy groups -OCH3 is 1. The third kappa shape index (κ3) is 4.18. The molecule has 0 amide bonds. The lowest BCUT2D eigenvalue weighted by atomic mass is 10.2. The number of nitrogens with zero attached hydrogens (tertiary/aromatic N) is 1. The summed E-state index contributed by atoms with van der Waals surface area (Å²) < 4.78 is 5.79. The van der Waals surface area contributed by atoms with Gasteiger partial charge in [0.05, 0.1) is 23.4 Å². The van der Waals surface area contributed by atoms with Crippen LogP contribution in [-0.4, -0.2) is 18.4 Å². The average Bonchev–Trinajstić information content (AvgIpc) is 2.49. The van der Waals surface area contributed by atoms with Crippen molar-refractivity contribution in [2.75, 3.05) is 7.11 Å². The molecule has 116 valence electrons. The van der Waals surface area contributed by atoms with Crippen molar-refractivity contribution < 1.29 is 9.84 Å². The van der Waals surface area contributed by atoms with Crippen molar-refractivity contribution in [2.24, 2.45) is 5.10 Å². The van der Waals surface area contributed by atoms with Gasteiger partial charge in [-0.1, -0.05) is 29.3 Å². The zero-order chi connectivity index (χ0) is 16.1. The maximum Gasteiger partial charge on any atom is 0.171 e. The van der Waals surface area contributed by atoms with E-state index in [-0.39, 0.29) is 5.75 Å². The normalized spacial score (nSPS) is 10.9. The molecule has 2 aromatic carbocycles. The maximum atomic E-state index is 9.78. The van der Waals surface area contributed by atoms with Crippen LogP contribution in [0.3, 0.4) is 0 Å². The fourth-order valence-electron chi connectivity index (χ4n) is 1.77. The topological polar surface area (TPSA) is 53.8 Å². The minimum Gasteiger partial charge on any atom is -0.504 e. The van der Waals surface area contributed by atoms with E-state index >= 15 is 0 Å². The van der Waals surface area contributed by atoms with E-state index in [0.29, 0.717) is 25.9 Å². The van der Waals surface area contributed by atoms with Crippen LogP contribution in [0.25, 0.3) is 0 Å². The number of rotatable bonds is 5. The lowest BCUT2D eigenvalue weighted by Crippen LogP contribution is -2.06. The number of ether oxygens (including phenoxy) is 1. The van der Waals surface area contributed by atoms with Crippen LogP contribution < -0.4 is 10.2 Å². The lowest BCUT2D eigenvalue weighted by molar-refractivity contribution is 0.371. The molecule has 0 aliphatic carbocycles. The third-order valence-corrected chi connectivity index (χ3v) is 4.42. The number of hydrogen-bond donors (Lipinski definition) is 2. The molecule has 0 aliphatic heterocycles. The van der Waals surface area contributed by atoms with Crippen molar-refractivity contribution in [1.82, 2.24) is 5.43 Å². The van der Waals surface area contributed by atoms with E-state index < -0.39 is 0 Å². The number of phenolic OH excluding ortho intramolecular Hbond substituents is 1. The number of aromatic hydroxyl groups is 1. The van der Waals surface area contributed by atoms with Crippen molar-refractivity contribution in [3.05, 3.63) is 55.1 Å². The van der Waals surface area contributed by atoms with Crippen LogP contribution in [0.15, 0.2) is 35.4 Å². The summed E-state index contributed by atoms with van der Waals surface area (Å²) in [6, 6.07) is 8.85. The Hall–Kier alpha value is -1.18. The average molecular weight is 451 g/mol. The quantitative estimate of drug-likeness (QED) is 0.402. The first kappa shape index (κ1) is 17.2. The molecule has 2 rings (SSSR count). The van der Waals surface area contributed by atoms with E-state index in [1.807, 2.05) is 22.6 Å². The molecule has 0 unspecified atom stereocenters. The summed E-state index contributed by atoms with van der Waals surface area (Å²) in [6.07, 6.45) is 1.63. The molecule has 0 spiro atoms. The van der Waals surface area contributed by atoms with Crippen LogP contribution >= 0.6 is 45.8 Å². The highest BCUT2D eigenvalue weighted by atomic mass is 127. The highest BCUT2D eigenvalue weighted by Crippen LogP contribution is 2.31. The van der Waals surface area contributed by atoms with Crippen LogP contribution in [0.2, 0.25) is 10.0 Å². The van der Waals surface area contributed by atoms with Crippen molar-refractivity contribution in [2.45, 2.75) is 6.54 Å². The summed E-state index contributed by atoms with van der Waals surface area (Å²) in [5.41, 5.74) is 4.49. The second-order valence-corrected chi connectivity index (χ2v) is 6.32. The molecule has 4 nitrogen and oxygen atoms in total. The zero-order valence-corrected chi connectivity index (χ0v) is 15.3. The molecule has 0 heterocycles. The van der Waals surface area contributed by atoms with Gasteiger partial charge in [-0.15, -0.1) is 0 Å². The highest BCUT2D eigenvalue weighted by molar-refractivity contribution is 14.1. The van der Waals surface area contributed by atoms with Crippen molar-refractivity contribution in [3.63, 3.8) is 0 Å². The third-order valence-electron chi connectivity index (χ3n) is 2.89. The lowest BCUT2D eigenvalue weighted by Gasteiger charge is -2.07. The van der Waals surface area contributed by atoms with Gasteiger partial charge < -0.3 is 15.3 Å². The van der Waals surface area contributed by atoms with Gasteiger partial charge >= 0.3 is 0 Å². The van der Waals surface area contributed by atoms with E-state index in [9.17, 15) is 5.11 Å². The van der Waals surface area contributed by atoms with Crippen LogP contribution in [0, 0.1) is 3.57 Å². The molecule has 2 N–H and O–H groups in total. The minimum atomic E-state index is 0.121.